The highest BCUT2D eigenvalue weighted by atomic mass is 16.7. The van der Waals surface area contributed by atoms with Crippen LogP contribution >= 0.6 is 0 Å². The molecule has 0 aromatic heterocycles. The smallest absolute Gasteiger partial charge is 0.328 e. The number of carboxylic acid groups (broad SMARTS) is 1. The number of aliphatic carboxylic acids is 1. The number of rotatable bonds is 4. The number of allylic oxidation sites excluding steroid dienone is 1. The molecule has 5 nitrogen and oxygen atoms in total. The van der Waals surface area contributed by atoms with E-state index in [2.05, 4.69) is 6.58 Å². The summed E-state index contributed by atoms with van der Waals surface area (Å²) in [6.45, 7) is 11.3. The summed E-state index contributed by atoms with van der Waals surface area (Å²) in [5.41, 5.74) is -0.914. The minimum Gasteiger partial charge on any atom is -0.480 e. The van der Waals surface area contributed by atoms with Crippen molar-refractivity contribution >= 4 is 11.9 Å². The molecule has 1 aliphatic rings. The first-order chi connectivity index (χ1) is 8.64. The van der Waals surface area contributed by atoms with Gasteiger partial charge < -0.3 is 5.11 Å². The Morgan fingerprint density at radius 2 is 2.26 bits per heavy atom. The summed E-state index contributed by atoms with van der Waals surface area (Å²) in [6, 6.07) is -1.08. The van der Waals surface area contributed by atoms with Crippen LogP contribution in [0.5, 0.6) is 0 Å². The quantitative estimate of drug-likeness (QED) is 0.621. The van der Waals surface area contributed by atoms with Crippen molar-refractivity contribution in [1.82, 2.24) is 5.06 Å². The predicted octanol–water partition coefficient (Wildman–Crippen LogP) is 1.83. The van der Waals surface area contributed by atoms with Gasteiger partial charge in [0.25, 0.3) is 0 Å². The van der Waals surface area contributed by atoms with Crippen molar-refractivity contribution in [2.24, 2.45) is 5.41 Å². The summed E-state index contributed by atoms with van der Waals surface area (Å²) in [6.07, 6.45) is 2.18. The Bertz CT molecular complexity index is 431. The number of nitrogens with zero attached hydrogens (tertiary/aromatic N) is 1. The molecule has 1 saturated heterocycles. The van der Waals surface area contributed by atoms with Gasteiger partial charge >= 0.3 is 5.97 Å². The Balaban J connectivity index is 3.17. The van der Waals surface area contributed by atoms with Crippen LogP contribution in [0.25, 0.3) is 0 Å². The van der Waals surface area contributed by atoms with Gasteiger partial charge in [0.15, 0.2) is 6.04 Å². The van der Waals surface area contributed by atoms with Gasteiger partial charge in [-0.05, 0) is 27.2 Å². The highest BCUT2D eigenvalue weighted by Gasteiger charge is 2.51. The van der Waals surface area contributed by atoms with Crippen LogP contribution in [0.2, 0.25) is 0 Å². The third-order valence-electron chi connectivity index (χ3n) is 3.05. The third-order valence-corrected chi connectivity index (χ3v) is 3.05. The molecule has 106 valence electrons. The van der Waals surface area contributed by atoms with Crippen LogP contribution in [0.3, 0.4) is 0 Å². The largest absolute Gasteiger partial charge is 0.480 e. The molecule has 1 fully saturated rings. The summed E-state index contributed by atoms with van der Waals surface area (Å²) >= 11 is 0. The van der Waals surface area contributed by atoms with Crippen LogP contribution in [0.1, 0.15) is 34.1 Å². The van der Waals surface area contributed by atoms with Crippen LogP contribution < -0.4 is 0 Å². The fraction of sp³-hybridized carbons (Fsp3) is 0.643. The maximum Gasteiger partial charge on any atom is 0.328 e. The van der Waals surface area contributed by atoms with Gasteiger partial charge in [0.1, 0.15) is 5.94 Å². The summed E-state index contributed by atoms with van der Waals surface area (Å²) < 4.78 is 0. The van der Waals surface area contributed by atoms with Gasteiger partial charge in [-0.3, -0.25) is 9.63 Å². The van der Waals surface area contributed by atoms with Crippen molar-refractivity contribution in [2.75, 3.05) is 6.54 Å². The lowest BCUT2D eigenvalue weighted by atomic mass is 9.80. The monoisotopic (exact) mass is 267 g/mol. The van der Waals surface area contributed by atoms with E-state index in [-0.39, 0.29) is 5.57 Å². The summed E-state index contributed by atoms with van der Waals surface area (Å²) in [5.74, 6) is 0.701. The molecule has 0 amide bonds. The van der Waals surface area contributed by atoms with Gasteiger partial charge in [-0.2, -0.15) is 5.06 Å². The first kappa shape index (κ1) is 15.6. The van der Waals surface area contributed by atoms with Crippen LogP contribution in [0, 0.1) is 5.41 Å². The van der Waals surface area contributed by atoms with E-state index >= 15 is 0 Å². The second-order valence-corrected chi connectivity index (χ2v) is 6.09. The van der Waals surface area contributed by atoms with E-state index in [9.17, 15) is 14.7 Å². The minimum atomic E-state index is -1.10. The maximum atomic E-state index is 11.4. The van der Waals surface area contributed by atoms with Crippen molar-refractivity contribution < 1.29 is 19.5 Å². The van der Waals surface area contributed by atoms with E-state index in [1.807, 2.05) is 27.7 Å². The van der Waals surface area contributed by atoms with Crippen LogP contribution in [-0.2, 0) is 14.4 Å². The number of hydroxylamine groups is 2. The fourth-order valence-electron chi connectivity index (χ4n) is 2.35. The molecule has 1 rings (SSSR count). The summed E-state index contributed by atoms with van der Waals surface area (Å²) in [7, 11) is 0. The Morgan fingerprint density at radius 1 is 1.68 bits per heavy atom. The van der Waals surface area contributed by atoms with Crippen LogP contribution in [0.15, 0.2) is 18.2 Å². The number of carbonyl (C=O) groups excluding carboxylic acids is 1. The summed E-state index contributed by atoms with van der Waals surface area (Å²) in [5, 5.41) is 10.7. The molecule has 0 aromatic carbocycles. The molecule has 0 aliphatic carbocycles. The second-order valence-electron chi connectivity index (χ2n) is 6.09. The standard InChI is InChI=1S/C14H21NO4/c1-6-7-14(5)9-15(19-13(2,3)4)11(12(17)18)10(14)8-16/h6,11H,1,7,9H2,2-5H3,(H,17,18)/t11-,14?/m0/s1. The molecule has 0 spiro atoms. The van der Waals surface area contributed by atoms with Crippen molar-refractivity contribution in [3.8, 4) is 0 Å². The molecule has 2 atom stereocenters. The van der Waals surface area contributed by atoms with Gasteiger partial charge in [0, 0.05) is 12.0 Å². The lowest BCUT2D eigenvalue weighted by molar-refractivity contribution is -0.238. The zero-order chi connectivity index (χ0) is 14.8. The number of carboxylic acids is 1. The molecular formula is C14H21NO4. The predicted molar refractivity (Wildman–Crippen MR) is 71.1 cm³/mol. The molecule has 1 N–H and O–H groups in total. The average molecular weight is 267 g/mol. The maximum absolute atomic E-state index is 11.4. The van der Waals surface area contributed by atoms with Crippen LogP contribution in [-0.4, -0.2) is 40.3 Å². The molecule has 5 heteroatoms. The van der Waals surface area contributed by atoms with E-state index in [1.54, 1.807) is 12.0 Å². The molecule has 1 unspecified atom stereocenters. The SMILES string of the molecule is C=CCC1(C)CN(OC(C)(C)C)[C@H](C(=O)O)C1=C=O. The van der Waals surface area contributed by atoms with E-state index < -0.39 is 23.0 Å². The van der Waals surface area contributed by atoms with Gasteiger partial charge in [0.2, 0.25) is 0 Å². The lowest BCUT2D eigenvalue weighted by Gasteiger charge is -2.29. The Morgan fingerprint density at radius 3 is 2.63 bits per heavy atom. The van der Waals surface area contributed by atoms with E-state index in [1.165, 1.54) is 5.06 Å². The topological polar surface area (TPSA) is 66.8 Å². The van der Waals surface area contributed by atoms with E-state index in [0.717, 1.165) is 0 Å². The number of hydrogen-bond donors (Lipinski definition) is 1. The van der Waals surface area contributed by atoms with Crippen LogP contribution in [0.4, 0.5) is 0 Å². The molecule has 0 bridgehead atoms. The van der Waals surface area contributed by atoms with E-state index in [0.29, 0.717) is 13.0 Å². The third kappa shape index (κ3) is 3.32. The minimum absolute atomic E-state index is 0.212. The highest BCUT2D eigenvalue weighted by molar-refractivity contribution is 5.83. The highest BCUT2D eigenvalue weighted by Crippen LogP contribution is 2.42. The lowest BCUT2D eigenvalue weighted by Crippen LogP contribution is -2.42. The van der Waals surface area contributed by atoms with Crippen molar-refractivity contribution in [2.45, 2.75) is 45.8 Å². The van der Waals surface area contributed by atoms with Gasteiger partial charge in [-0.1, -0.05) is 13.0 Å². The average Bonchev–Trinajstić information content (AvgIpc) is 2.48. The first-order valence-corrected chi connectivity index (χ1v) is 6.19. The first-order valence-electron chi connectivity index (χ1n) is 6.19. The number of hydrogen-bond acceptors (Lipinski definition) is 4. The van der Waals surface area contributed by atoms with Gasteiger partial charge in [0.05, 0.1) is 11.2 Å². The zero-order valence-corrected chi connectivity index (χ0v) is 11.9. The van der Waals surface area contributed by atoms with E-state index in [4.69, 9.17) is 4.84 Å². The Hall–Kier alpha value is -1.42. The Labute approximate surface area is 113 Å². The molecule has 1 heterocycles. The molecule has 1 aliphatic heterocycles. The fourth-order valence-corrected chi connectivity index (χ4v) is 2.35. The van der Waals surface area contributed by atoms with Gasteiger partial charge in [-0.25, -0.2) is 4.79 Å². The number of carbonyl (C=O) groups is 1. The summed E-state index contributed by atoms with van der Waals surface area (Å²) in [4.78, 5) is 28.3. The molecular weight excluding hydrogens is 246 g/mol. The Kier molecular flexibility index (Phi) is 4.35. The van der Waals surface area contributed by atoms with Crippen molar-refractivity contribution in [3.63, 3.8) is 0 Å². The molecule has 0 radical (unpaired) electrons. The molecule has 19 heavy (non-hydrogen) atoms. The van der Waals surface area contributed by atoms with Gasteiger partial charge in [-0.15, -0.1) is 6.58 Å². The second kappa shape index (κ2) is 5.29. The normalized spacial score (nSPS) is 28.2. The molecule has 0 aromatic rings. The van der Waals surface area contributed by atoms with Crippen molar-refractivity contribution in [1.29, 1.82) is 0 Å². The van der Waals surface area contributed by atoms with Crippen molar-refractivity contribution in [3.05, 3.63) is 18.2 Å². The molecule has 0 saturated carbocycles. The zero-order valence-electron chi connectivity index (χ0n) is 11.9.